The molecule has 0 amide bonds. The zero-order valence-electron chi connectivity index (χ0n) is 10.8. The molecule has 1 aromatic rings. The summed E-state index contributed by atoms with van der Waals surface area (Å²) in [5, 5.41) is 18.1. The van der Waals surface area contributed by atoms with Crippen molar-refractivity contribution in [2.24, 2.45) is 0 Å². The molecule has 0 aliphatic heterocycles. The zero-order valence-corrected chi connectivity index (χ0v) is 12.5. The molecule has 0 atom stereocenters. The maximum absolute atomic E-state index is 12.3. The number of hydrogen-bond donors (Lipinski definition) is 3. The number of carbonyl (C=O) groups is 1. The van der Waals surface area contributed by atoms with Crippen molar-refractivity contribution in [2.75, 3.05) is 6.61 Å². The number of sulfonamides is 1. The molecule has 1 heterocycles. The van der Waals surface area contributed by atoms with Gasteiger partial charge in [-0.2, -0.15) is 0 Å². The summed E-state index contributed by atoms with van der Waals surface area (Å²) in [6.07, 6.45) is 2.83. The van der Waals surface area contributed by atoms with Gasteiger partial charge in [0.2, 0.25) is 0 Å². The van der Waals surface area contributed by atoms with Crippen molar-refractivity contribution in [3.63, 3.8) is 0 Å². The molecule has 6 nitrogen and oxygen atoms in total. The molecule has 0 saturated heterocycles. The number of carboxylic acids is 1. The van der Waals surface area contributed by atoms with Gasteiger partial charge in [-0.3, -0.25) is 4.79 Å². The van der Waals surface area contributed by atoms with Gasteiger partial charge in [-0.05, 0) is 25.0 Å². The van der Waals surface area contributed by atoms with Crippen molar-refractivity contribution in [3.8, 4) is 0 Å². The molecule has 1 aliphatic carbocycles. The van der Waals surface area contributed by atoms with Crippen molar-refractivity contribution in [2.45, 2.75) is 41.9 Å². The minimum absolute atomic E-state index is 0.0912. The molecule has 0 aromatic carbocycles. The van der Waals surface area contributed by atoms with Crippen LogP contribution >= 0.6 is 11.3 Å². The number of thiophene rings is 1. The molecular formula is C12H17NO5S2. The van der Waals surface area contributed by atoms with Crippen LogP contribution < -0.4 is 4.72 Å². The normalized spacial score (nSPS) is 18.2. The maximum Gasteiger partial charge on any atom is 0.308 e. The van der Waals surface area contributed by atoms with Crippen LogP contribution in [0.1, 0.15) is 30.6 Å². The van der Waals surface area contributed by atoms with Crippen LogP contribution in [-0.4, -0.2) is 36.7 Å². The summed E-state index contributed by atoms with van der Waals surface area (Å²) in [6.45, 7) is -0.223. The fourth-order valence-electron chi connectivity index (χ4n) is 2.43. The fraction of sp³-hybridized carbons (Fsp3) is 0.583. The number of nitrogens with one attached hydrogen (secondary N) is 1. The molecule has 20 heavy (non-hydrogen) atoms. The van der Waals surface area contributed by atoms with Crippen LogP contribution in [0.2, 0.25) is 0 Å². The molecule has 1 aromatic heterocycles. The Labute approximate surface area is 121 Å². The molecule has 112 valence electrons. The Morgan fingerprint density at radius 2 is 2.00 bits per heavy atom. The van der Waals surface area contributed by atoms with Crippen LogP contribution in [0.15, 0.2) is 16.3 Å². The predicted octanol–water partition coefficient (Wildman–Crippen LogP) is 0.959. The number of aliphatic hydroxyl groups is 1. The molecule has 0 unspecified atom stereocenters. The Morgan fingerprint density at radius 1 is 1.35 bits per heavy atom. The van der Waals surface area contributed by atoms with E-state index in [-0.39, 0.29) is 17.2 Å². The van der Waals surface area contributed by atoms with Gasteiger partial charge in [0.05, 0.1) is 18.6 Å². The van der Waals surface area contributed by atoms with E-state index in [1.165, 1.54) is 12.1 Å². The number of aliphatic carboxylic acids is 1. The monoisotopic (exact) mass is 319 g/mol. The Morgan fingerprint density at radius 3 is 2.55 bits per heavy atom. The zero-order chi connectivity index (χ0) is 14.8. The summed E-state index contributed by atoms with van der Waals surface area (Å²) in [6, 6.07) is 2.92. The summed E-state index contributed by atoms with van der Waals surface area (Å²) in [5.74, 6) is -0.994. The fourth-order valence-corrected chi connectivity index (χ4v) is 5.22. The molecule has 2 rings (SSSR count). The second-order valence-corrected chi connectivity index (χ2v) is 8.12. The topological polar surface area (TPSA) is 104 Å². The van der Waals surface area contributed by atoms with E-state index in [2.05, 4.69) is 4.72 Å². The largest absolute Gasteiger partial charge is 0.481 e. The van der Waals surface area contributed by atoms with Gasteiger partial charge in [0.1, 0.15) is 4.21 Å². The van der Waals surface area contributed by atoms with Crippen LogP contribution in [0.25, 0.3) is 0 Å². The van der Waals surface area contributed by atoms with Gasteiger partial charge in [0.15, 0.2) is 0 Å². The van der Waals surface area contributed by atoms with Gasteiger partial charge in [0.25, 0.3) is 10.0 Å². The summed E-state index contributed by atoms with van der Waals surface area (Å²) < 4.78 is 27.3. The van der Waals surface area contributed by atoms with Crippen molar-refractivity contribution in [3.05, 3.63) is 17.0 Å². The third-order valence-electron chi connectivity index (χ3n) is 3.44. The van der Waals surface area contributed by atoms with Crippen molar-refractivity contribution in [1.82, 2.24) is 4.72 Å². The lowest BCUT2D eigenvalue weighted by atomic mass is 10.0. The molecule has 1 fully saturated rings. The van der Waals surface area contributed by atoms with Crippen molar-refractivity contribution >= 4 is 27.3 Å². The van der Waals surface area contributed by atoms with E-state index in [0.717, 1.165) is 24.2 Å². The van der Waals surface area contributed by atoms with E-state index < -0.39 is 21.5 Å². The number of hydrogen-bond acceptors (Lipinski definition) is 5. The predicted molar refractivity (Wildman–Crippen MR) is 74.3 cm³/mol. The van der Waals surface area contributed by atoms with Crippen molar-refractivity contribution < 1.29 is 23.4 Å². The number of carboxylic acid groups (broad SMARTS) is 1. The van der Waals surface area contributed by atoms with Gasteiger partial charge in [-0.15, -0.1) is 11.3 Å². The summed E-state index contributed by atoms with van der Waals surface area (Å²) in [7, 11) is -3.71. The first-order valence-corrected chi connectivity index (χ1v) is 8.62. The molecule has 0 radical (unpaired) electrons. The van der Waals surface area contributed by atoms with E-state index in [1.807, 2.05) is 0 Å². The van der Waals surface area contributed by atoms with Crippen LogP contribution in [0.5, 0.6) is 0 Å². The highest BCUT2D eigenvalue weighted by Gasteiger charge is 2.37. The summed E-state index contributed by atoms with van der Waals surface area (Å²) >= 11 is 0.948. The van der Waals surface area contributed by atoms with E-state index in [1.54, 1.807) is 0 Å². The minimum Gasteiger partial charge on any atom is -0.481 e. The second-order valence-electron chi connectivity index (χ2n) is 5.04. The van der Waals surface area contributed by atoms with Gasteiger partial charge < -0.3 is 10.2 Å². The first kappa shape index (κ1) is 15.4. The van der Waals surface area contributed by atoms with Crippen LogP contribution in [0.3, 0.4) is 0 Å². The maximum atomic E-state index is 12.3. The van der Waals surface area contributed by atoms with Gasteiger partial charge in [-0.1, -0.05) is 12.8 Å². The van der Waals surface area contributed by atoms with Crippen molar-refractivity contribution in [1.29, 1.82) is 0 Å². The average molecular weight is 319 g/mol. The smallest absolute Gasteiger partial charge is 0.308 e. The second kappa shape index (κ2) is 5.80. The lowest BCUT2D eigenvalue weighted by Gasteiger charge is -2.27. The number of rotatable bonds is 6. The van der Waals surface area contributed by atoms with E-state index in [9.17, 15) is 18.3 Å². The molecular weight excluding hydrogens is 302 g/mol. The SMILES string of the molecule is O=C(O)Cc1ccc(S(=O)(=O)NC2(CO)CCCC2)s1. The molecule has 0 spiro atoms. The highest BCUT2D eigenvalue weighted by atomic mass is 32.2. The Hall–Kier alpha value is -0.960. The minimum atomic E-state index is -3.71. The quantitative estimate of drug-likeness (QED) is 0.724. The van der Waals surface area contributed by atoms with Gasteiger partial charge in [0, 0.05) is 4.88 Å². The number of aliphatic hydroxyl groups excluding tert-OH is 1. The van der Waals surface area contributed by atoms with Crippen LogP contribution in [-0.2, 0) is 21.2 Å². The van der Waals surface area contributed by atoms with Gasteiger partial charge in [-0.25, -0.2) is 13.1 Å². The highest BCUT2D eigenvalue weighted by Crippen LogP contribution is 2.32. The average Bonchev–Trinajstić information content (AvgIpc) is 2.98. The van der Waals surface area contributed by atoms with E-state index in [0.29, 0.717) is 17.7 Å². The van der Waals surface area contributed by atoms with Crippen LogP contribution in [0.4, 0.5) is 0 Å². The highest BCUT2D eigenvalue weighted by molar-refractivity contribution is 7.91. The first-order valence-electron chi connectivity index (χ1n) is 6.32. The third-order valence-corrected chi connectivity index (χ3v) is 6.60. The molecule has 3 N–H and O–H groups in total. The Bertz CT molecular complexity index is 587. The third kappa shape index (κ3) is 3.38. The van der Waals surface area contributed by atoms with E-state index >= 15 is 0 Å². The molecule has 1 aliphatic rings. The molecule has 8 heteroatoms. The Balaban J connectivity index is 2.17. The van der Waals surface area contributed by atoms with Gasteiger partial charge >= 0.3 is 5.97 Å². The molecule has 0 bridgehead atoms. The first-order chi connectivity index (χ1) is 9.37. The van der Waals surface area contributed by atoms with Crippen LogP contribution in [0, 0.1) is 0 Å². The standard InChI is InChI=1S/C12H17NO5S2/c14-8-12(5-1-2-6-12)13-20(17,18)11-4-3-9(19-11)7-10(15)16/h3-4,13-14H,1-2,5-8H2,(H,15,16). The molecule has 1 saturated carbocycles. The lowest BCUT2D eigenvalue weighted by Crippen LogP contribution is -2.48. The summed E-state index contributed by atoms with van der Waals surface area (Å²) in [5.41, 5.74) is -0.768. The Kier molecular flexibility index (Phi) is 4.48. The lowest BCUT2D eigenvalue weighted by molar-refractivity contribution is -0.136. The van der Waals surface area contributed by atoms with E-state index in [4.69, 9.17) is 5.11 Å². The summed E-state index contributed by atoms with van der Waals surface area (Å²) in [4.78, 5) is 11.1.